The van der Waals surface area contributed by atoms with Gasteiger partial charge in [-0.3, -0.25) is 0 Å². The van der Waals surface area contributed by atoms with E-state index < -0.39 is 54.4 Å². The Balaban J connectivity index is 1.54. The topological polar surface area (TPSA) is 120 Å². The predicted molar refractivity (Wildman–Crippen MR) is 125 cm³/mol. The van der Waals surface area contributed by atoms with E-state index in [1.807, 2.05) is 0 Å². The highest BCUT2D eigenvalue weighted by atomic mass is 32.2. The predicted octanol–water partition coefficient (Wildman–Crippen LogP) is 2.50. The molecule has 0 radical (unpaired) electrons. The Kier molecular flexibility index (Phi) is 5.29. The molecule has 5 rings (SSSR count). The van der Waals surface area contributed by atoms with Crippen LogP contribution in [0.4, 0.5) is 23.5 Å². The molecule has 37 heavy (non-hydrogen) atoms. The van der Waals surface area contributed by atoms with Gasteiger partial charge < -0.3 is 10.1 Å². The molecule has 0 bridgehead atoms. The third-order valence-corrected chi connectivity index (χ3v) is 7.30. The molecule has 3 aromatic heterocycles. The van der Waals surface area contributed by atoms with Gasteiger partial charge in [0.25, 0.3) is 12.3 Å². The minimum absolute atomic E-state index is 0.0764. The summed E-state index contributed by atoms with van der Waals surface area (Å²) in [6.07, 6.45) is -0.674. The van der Waals surface area contributed by atoms with Crippen LogP contribution in [0, 0.1) is 0 Å². The number of ether oxygens (including phenoxy) is 1. The number of piperidine rings is 1. The molecule has 1 aromatic carbocycles. The molecule has 11 nitrogen and oxygen atoms in total. The third kappa shape index (κ3) is 4.77. The van der Waals surface area contributed by atoms with Gasteiger partial charge in [0.15, 0.2) is 0 Å². The number of nitrogens with zero attached hydrogens (tertiary/aromatic N) is 7. The van der Waals surface area contributed by atoms with E-state index in [9.17, 15) is 26.0 Å². The van der Waals surface area contributed by atoms with Crippen molar-refractivity contribution in [2.75, 3.05) is 31.7 Å². The van der Waals surface area contributed by atoms with Crippen LogP contribution < -0.4 is 10.1 Å². The molecule has 198 valence electrons. The number of rotatable bonds is 7. The van der Waals surface area contributed by atoms with Crippen molar-refractivity contribution in [3.63, 3.8) is 0 Å². The summed E-state index contributed by atoms with van der Waals surface area (Å²) in [7, 11) is -6.80. The van der Waals surface area contributed by atoms with E-state index in [1.54, 1.807) is 18.2 Å². The molecule has 4 aromatic rings. The minimum atomic E-state index is -3.83. The maximum absolute atomic E-state index is 14.8. The Labute approximate surface area is 212 Å². The molecule has 1 N–H and O–H groups in total. The number of sulfonamides is 1. The molecule has 0 spiro atoms. The standard InChI is InChI=1S/C21H22F4N8O3S/c1-36-19-18-13(12-3-4-14-15(9-12)33(30-28-14)10-17(22)23)5-8-32(18)29-20(27-19)26-16-6-7-31(37(2,34)35)11-21(16,24)25/h3-5,8-9,16-17H,6-7,10-11H2,1-2H3,(H,26,29)/t16-/m1/s1/i1D3. The van der Waals surface area contributed by atoms with Crippen LogP contribution in [-0.4, -0.2) is 87.1 Å². The minimum Gasteiger partial charge on any atom is -0.479 e. The van der Waals surface area contributed by atoms with E-state index >= 15 is 0 Å². The van der Waals surface area contributed by atoms with Crippen molar-refractivity contribution < 1.29 is 34.8 Å². The summed E-state index contributed by atoms with van der Waals surface area (Å²) in [5.41, 5.74) is 1.55. The molecular formula is C21H22F4N8O3S. The molecule has 0 aliphatic carbocycles. The molecule has 1 atom stereocenters. The number of fused-ring (bicyclic) bond motifs is 2. The first-order chi connectivity index (χ1) is 18.6. The van der Waals surface area contributed by atoms with Crippen LogP contribution in [0.5, 0.6) is 5.88 Å². The van der Waals surface area contributed by atoms with Crippen molar-refractivity contribution in [2.24, 2.45) is 0 Å². The summed E-state index contributed by atoms with van der Waals surface area (Å²) in [6, 6.07) is 4.69. The van der Waals surface area contributed by atoms with Crippen molar-refractivity contribution in [1.29, 1.82) is 0 Å². The van der Waals surface area contributed by atoms with Gasteiger partial charge >= 0.3 is 0 Å². The highest BCUT2D eigenvalue weighted by Gasteiger charge is 2.47. The Morgan fingerprint density at radius 3 is 2.84 bits per heavy atom. The number of methoxy groups -OCH3 is 1. The lowest BCUT2D eigenvalue weighted by atomic mass is 10.0. The van der Waals surface area contributed by atoms with Crippen LogP contribution in [0.15, 0.2) is 30.5 Å². The number of halogens is 4. The fourth-order valence-corrected chi connectivity index (χ4v) is 5.12. The average Bonchev–Trinajstić information content (AvgIpc) is 3.42. The van der Waals surface area contributed by atoms with Crippen LogP contribution in [-0.2, 0) is 16.6 Å². The van der Waals surface area contributed by atoms with Crippen LogP contribution in [0.25, 0.3) is 27.7 Å². The van der Waals surface area contributed by atoms with E-state index in [0.717, 1.165) is 10.9 Å². The van der Waals surface area contributed by atoms with Gasteiger partial charge in [-0.25, -0.2) is 35.2 Å². The molecule has 1 fully saturated rings. The van der Waals surface area contributed by atoms with Crippen molar-refractivity contribution in [2.45, 2.75) is 31.4 Å². The van der Waals surface area contributed by atoms with Gasteiger partial charge in [-0.05, 0) is 30.2 Å². The SMILES string of the molecule is [2H]C([2H])([2H])Oc1nc(N[C@@H]2CCN(S(C)(=O)=O)CC2(F)F)nn2ccc(-c3ccc4nnn(CC(F)F)c4c3)c12. The van der Waals surface area contributed by atoms with Crippen LogP contribution in [0.3, 0.4) is 0 Å². The van der Waals surface area contributed by atoms with Gasteiger partial charge in [-0.15, -0.1) is 10.2 Å². The number of alkyl halides is 4. The zero-order chi connectivity index (χ0) is 29.0. The van der Waals surface area contributed by atoms with Gasteiger partial charge in [0.1, 0.15) is 17.6 Å². The van der Waals surface area contributed by atoms with Crippen LogP contribution in [0.1, 0.15) is 10.5 Å². The first-order valence-corrected chi connectivity index (χ1v) is 12.8. The lowest BCUT2D eigenvalue weighted by Crippen LogP contribution is -2.55. The Morgan fingerprint density at radius 1 is 1.32 bits per heavy atom. The lowest BCUT2D eigenvalue weighted by molar-refractivity contribution is -0.0541. The Morgan fingerprint density at radius 2 is 2.14 bits per heavy atom. The number of nitrogens with one attached hydrogen (secondary N) is 1. The van der Waals surface area contributed by atoms with E-state index in [4.69, 9.17) is 8.85 Å². The average molecular weight is 546 g/mol. The van der Waals surface area contributed by atoms with Gasteiger partial charge in [-0.2, -0.15) is 9.29 Å². The quantitative estimate of drug-likeness (QED) is 0.352. The van der Waals surface area contributed by atoms with Gasteiger partial charge in [0.05, 0.1) is 35.5 Å². The number of anilines is 1. The zero-order valence-electron chi connectivity index (χ0n) is 22.1. The molecule has 4 heterocycles. The van der Waals surface area contributed by atoms with E-state index in [0.29, 0.717) is 26.5 Å². The van der Waals surface area contributed by atoms with Crippen LogP contribution in [0.2, 0.25) is 0 Å². The molecule has 1 saturated heterocycles. The first kappa shape index (κ1) is 21.5. The third-order valence-electron chi connectivity index (χ3n) is 6.05. The highest BCUT2D eigenvalue weighted by molar-refractivity contribution is 7.88. The Bertz CT molecular complexity index is 1680. The van der Waals surface area contributed by atoms with Crippen molar-refractivity contribution in [3.8, 4) is 17.0 Å². The second-order valence-electron chi connectivity index (χ2n) is 8.57. The van der Waals surface area contributed by atoms with Crippen molar-refractivity contribution >= 4 is 32.5 Å². The van der Waals surface area contributed by atoms with Gasteiger partial charge in [0, 0.05) is 18.3 Å². The number of hydrogen-bond donors (Lipinski definition) is 1. The fraction of sp³-hybridized carbons (Fsp3) is 0.429. The number of hydrogen-bond acceptors (Lipinski definition) is 8. The largest absolute Gasteiger partial charge is 0.479 e. The van der Waals surface area contributed by atoms with Crippen molar-refractivity contribution in [1.82, 2.24) is 33.9 Å². The monoisotopic (exact) mass is 545 g/mol. The summed E-state index contributed by atoms with van der Waals surface area (Å²) in [4.78, 5) is 4.06. The van der Waals surface area contributed by atoms with E-state index in [1.165, 1.54) is 16.8 Å². The molecule has 1 aliphatic rings. The summed E-state index contributed by atoms with van der Waals surface area (Å²) >= 11 is 0. The zero-order valence-corrected chi connectivity index (χ0v) is 20.0. The lowest BCUT2D eigenvalue weighted by Gasteiger charge is -2.37. The molecule has 0 saturated carbocycles. The molecule has 0 unspecified atom stereocenters. The van der Waals surface area contributed by atoms with Gasteiger partial charge in [-0.1, -0.05) is 11.3 Å². The molecule has 0 amide bonds. The maximum atomic E-state index is 14.8. The first-order valence-electron chi connectivity index (χ1n) is 12.4. The smallest absolute Gasteiger partial charge is 0.281 e. The molecule has 16 heteroatoms. The summed E-state index contributed by atoms with van der Waals surface area (Å²) in [5.74, 6) is -4.31. The fourth-order valence-electron chi connectivity index (χ4n) is 4.28. The van der Waals surface area contributed by atoms with E-state index in [-0.39, 0.29) is 24.4 Å². The van der Waals surface area contributed by atoms with Crippen molar-refractivity contribution in [3.05, 3.63) is 30.5 Å². The molecular weight excluding hydrogens is 520 g/mol. The van der Waals surface area contributed by atoms with Gasteiger partial charge in [0.2, 0.25) is 21.9 Å². The summed E-state index contributed by atoms with van der Waals surface area (Å²) in [6.45, 7) is -1.90. The Hall–Kier alpha value is -3.53. The highest BCUT2D eigenvalue weighted by Crippen LogP contribution is 2.34. The second kappa shape index (κ2) is 9.09. The second-order valence-corrected chi connectivity index (χ2v) is 10.6. The number of aromatic nitrogens is 6. The summed E-state index contributed by atoms with van der Waals surface area (Å²) < 4.78 is 110. The van der Waals surface area contributed by atoms with E-state index in [2.05, 4.69) is 25.7 Å². The summed E-state index contributed by atoms with van der Waals surface area (Å²) in [5, 5.41) is 14.3. The normalized spacial score (nSPS) is 20.2. The van der Waals surface area contributed by atoms with Crippen LogP contribution >= 0.6 is 0 Å². The number of benzene rings is 1. The maximum Gasteiger partial charge on any atom is 0.281 e. The molecule has 1 aliphatic heterocycles.